The molecule has 1 aliphatic rings. The van der Waals surface area contributed by atoms with Crippen molar-refractivity contribution in [2.75, 3.05) is 17.5 Å². The number of aliphatic hydroxyl groups is 1. The molecule has 0 aromatic heterocycles. The maximum atomic E-state index is 11.3. The molecular weight excluding hydrogens is 312 g/mol. The van der Waals surface area contributed by atoms with Gasteiger partial charge in [0.15, 0.2) is 0 Å². The largest absolute Gasteiger partial charge is 0.389 e. The van der Waals surface area contributed by atoms with Crippen LogP contribution in [-0.2, 0) is 10.0 Å². The number of sulfonamides is 1. The molecule has 0 aliphatic heterocycles. The second kappa shape index (κ2) is 7.20. The molecule has 1 aliphatic carbocycles. The van der Waals surface area contributed by atoms with E-state index in [-0.39, 0.29) is 6.04 Å². The quantitative estimate of drug-likeness (QED) is 0.744. The van der Waals surface area contributed by atoms with Gasteiger partial charge in [-0.15, -0.1) is 0 Å². The zero-order chi connectivity index (χ0) is 17.1. The minimum Gasteiger partial charge on any atom is -0.389 e. The van der Waals surface area contributed by atoms with E-state index in [0.29, 0.717) is 18.2 Å². The minimum absolute atomic E-state index is 0.0414. The van der Waals surface area contributed by atoms with Crippen LogP contribution < -0.4 is 10.0 Å². The lowest BCUT2D eigenvalue weighted by Gasteiger charge is -2.36. The van der Waals surface area contributed by atoms with Crippen LogP contribution in [-0.4, -0.2) is 31.9 Å². The molecule has 0 heterocycles. The lowest BCUT2D eigenvalue weighted by Crippen LogP contribution is -2.44. The van der Waals surface area contributed by atoms with E-state index in [1.54, 1.807) is 6.07 Å². The summed E-state index contributed by atoms with van der Waals surface area (Å²) in [5.41, 5.74) is 0.930. The molecule has 0 amide bonds. The standard InChI is InChI=1S/C17H28N2O3S/c1-13-7-9-17(20,10-8-13)12-18-14(2)15-5-4-6-16(11-15)19-23(3,21)22/h4-6,11,13-14,18-20H,7-10,12H2,1-3H3. The second-order valence-corrected chi connectivity index (χ2v) is 8.76. The Balaban J connectivity index is 1.95. The summed E-state index contributed by atoms with van der Waals surface area (Å²) in [5, 5.41) is 14.0. The predicted molar refractivity (Wildman–Crippen MR) is 93.9 cm³/mol. The lowest BCUT2D eigenvalue weighted by molar-refractivity contribution is -0.00783. The van der Waals surface area contributed by atoms with Gasteiger partial charge in [-0.1, -0.05) is 19.1 Å². The Bertz CT molecular complexity index is 622. The van der Waals surface area contributed by atoms with Crippen LogP contribution in [0.15, 0.2) is 24.3 Å². The van der Waals surface area contributed by atoms with Crippen molar-refractivity contribution in [3.8, 4) is 0 Å². The van der Waals surface area contributed by atoms with E-state index < -0.39 is 15.6 Å². The van der Waals surface area contributed by atoms with Gasteiger partial charge in [0.25, 0.3) is 0 Å². The summed E-state index contributed by atoms with van der Waals surface area (Å²) in [6.45, 7) is 4.81. The fourth-order valence-electron chi connectivity index (χ4n) is 3.02. The Morgan fingerprint density at radius 1 is 1.35 bits per heavy atom. The summed E-state index contributed by atoms with van der Waals surface area (Å²) in [4.78, 5) is 0. The van der Waals surface area contributed by atoms with Gasteiger partial charge in [0.05, 0.1) is 11.9 Å². The van der Waals surface area contributed by atoms with Gasteiger partial charge in [0.2, 0.25) is 10.0 Å². The highest BCUT2D eigenvalue weighted by Gasteiger charge is 2.31. The maximum Gasteiger partial charge on any atom is 0.229 e. The van der Waals surface area contributed by atoms with Gasteiger partial charge >= 0.3 is 0 Å². The van der Waals surface area contributed by atoms with Gasteiger partial charge < -0.3 is 10.4 Å². The van der Waals surface area contributed by atoms with Crippen LogP contribution >= 0.6 is 0 Å². The average molecular weight is 340 g/mol. The second-order valence-electron chi connectivity index (χ2n) is 7.01. The first-order valence-corrected chi connectivity index (χ1v) is 10.1. The zero-order valence-electron chi connectivity index (χ0n) is 14.2. The van der Waals surface area contributed by atoms with Crippen LogP contribution in [0.1, 0.15) is 51.1 Å². The van der Waals surface area contributed by atoms with Crippen molar-refractivity contribution >= 4 is 15.7 Å². The van der Waals surface area contributed by atoms with E-state index in [2.05, 4.69) is 17.0 Å². The predicted octanol–water partition coefficient (Wildman–Crippen LogP) is 2.65. The smallest absolute Gasteiger partial charge is 0.229 e. The summed E-state index contributed by atoms with van der Waals surface area (Å²) in [6, 6.07) is 7.38. The molecule has 130 valence electrons. The van der Waals surface area contributed by atoms with Crippen LogP contribution in [0.5, 0.6) is 0 Å². The molecule has 1 fully saturated rings. The first-order chi connectivity index (χ1) is 10.7. The van der Waals surface area contributed by atoms with Crippen LogP contribution in [0.2, 0.25) is 0 Å². The number of nitrogens with one attached hydrogen (secondary N) is 2. The fraction of sp³-hybridized carbons (Fsp3) is 0.647. The molecule has 0 spiro atoms. The highest BCUT2D eigenvalue weighted by atomic mass is 32.2. The van der Waals surface area contributed by atoms with Crippen LogP contribution in [0.3, 0.4) is 0 Å². The third-order valence-electron chi connectivity index (χ3n) is 4.63. The fourth-order valence-corrected chi connectivity index (χ4v) is 3.58. The molecule has 0 bridgehead atoms. The summed E-state index contributed by atoms with van der Waals surface area (Å²) >= 11 is 0. The summed E-state index contributed by atoms with van der Waals surface area (Å²) < 4.78 is 25.1. The van der Waals surface area contributed by atoms with Crippen molar-refractivity contribution in [3.05, 3.63) is 29.8 Å². The Labute approximate surface area is 139 Å². The highest BCUT2D eigenvalue weighted by Crippen LogP contribution is 2.31. The number of rotatable bonds is 6. The molecule has 1 aromatic rings. The Morgan fingerprint density at radius 3 is 2.61 bits per heavy atom. The molecule has 2 rings (SSSR count). The van der Waals surface area contributed by atoms with Crippen LogP contribution in [0.4, 0.5) is 5.69 Å². The number of hydrogen-bond donors (Lipinski definition) is 3. The van der Waals surface area contributed by atoms with Gasteiger partial charge in [-0.3, -0.25) is 4.72 Å². The van der Waals surface area contributed by atoms with E-state index in [1.807, 2.05) is 25.1 Å². The number of benzene rings is 1. The zero-order valence-corrected chi connectivity index (χ0v) is 15.0. The van der Waals surface area contributed by atoms with Crippen molar-refractivity contribution in [2.24, 2.45) is 5.92 Å². The third-order valence-corrected chi connectivity index (χ3v) is 5.24. The van der Waals surface area contributed by atoms with Gasteiger partial charge in [-0.2, -0.15) is 0 Å². The Morgan fingerprint density at radius 2 is 2.00 bits per heavy atom. The Hall–Kier alpha value is -1.11. The SMILES string of the molecule is CC1CCC(O)(CNC(C)c2cccc(NS(C)(=O)=O)c2)CC1. The van der Waals surface area contributed by atoms with E-state index in [9.17, 15) is 13.5 Å². The summed E-state index contributed by atoms with van der Waals surface area (Å²) in [6.07, 6.45) is 4.95. The first kappa shape index (κ1) is 18.2. The first-order valence-electron chi connectivity index (χ1n) is 8.20. The lowest BCUT2D eigenvalue weighted by atomic mass is 9.79. The highest BCUT2D eigenvalue weighted by molar-refractivity contribution is 7.92. The van der Waals surface area contributed by atoms with Crippen molar-refractivity contribution in [1.29, 1.82) is 0 Å². The summed E-state index contributed by atoms with van der Waals surface area (Å²) in [7, 11) is -3.27. The van der Waals surface area contributed by atoms with Gasteiger partial charge in [-0.25, -0.2) is 8.42 Å². The normalized spacial score (nSPS) is 26.7. The van der Waals surface area contributed by atoms with Crippen molar-refractivity contribution in [2.45, 2.75) is 51.2 Å². The van der Waals surface area contributed by atoms with Crippen LogP contribution in [0.25, 0.3) is 0 Å². The summed E-state index contributed by atoms with van der Waals surface area (Å²) in [5.74, 6) is 0.700. The van der Waals surface area contributed by atoms with E-state index in [1.165, 1.54) is 0 Å². The van der Waals surface area contributed by atoms with Crippen molar-refractivity contribution in [1.82, 2.24) is 5.32 Å². The Kier molecular flexibility index (Phi) is 5.70. The molecular formula is C17H28N2O3S. The molecule has 1 atom stereocenters. The van der Waals surface area contributed by atoms with Gasteiger partial charge in [0.1, 0.15) is 0 Å². The number of hydrogen-bond acceptors (Lipinski definition) is 4. The van der Waals surface area contributed by atoms with Gasteiger partial charge in [-0.05, 0) is 56.2 Å². The van der Waals surface area contributed by atoms with Crippen LogP contribution in [0, 0.1) is 5.92 Å². The molecule has 0 radical (unpaired) electrons. The third kappa shape index (κ3) is 5.79. The molecule has 1 aromatic carbocycles. The molecule has 3 N–H and O–H groups in total. The van der Waals surface area contributed by atoms with Crippen molar-refractivity contribution in [3.63, 3.8) is 0 Å². The van der Waals surface area contributed by atoms with Gasteiger partial charge in [0, 0.05) is 18.3 Å². The van der Waals surface area contributed by atoms with Crippen molar-refractivity contribution < 1.29 is 13.5 Å². The topological polar surface area (TPSA) is 78.4 Å². The minimum atomic E-state index is -3.27. The van der Waals surface area contributed by atoms with E-state index >= 15 is 0 Å². The molecule has 6 heteroatoms. The molecule has 0 saturated heterocycles. The number of anilines is 1. The molecule has 1 unspecified atom stereocenters. The van der Waals surface area contributed by atoms with E-state index in [0.717, 1.165) is 37.5 Å². The molecule has 1 saturated carbocycles. The van der Waals surface area contributed by atoms with E-state index in [4.69, 9.17) is 0 Å². The monoisotopic (exact) mass is 340 g/mol. The average Bonchev–Trinajstić information content (AvgIpc) is 2.47. The molecule has 5 nitrogen and oxygen atoms in total. The molecule has 23 heavy (non-hydrogen) atoms. The maximum absolute atomic E-state index is 11.3.